The van der Waals surface area contributed by atoms with Crippen molar-refractivity contribution in [3.63, 3.8) is 0 Å². The number of likely N-dealkylation sites (tertiary alicyclic amines) is 1. The van der Waals surface area contributed by atoms with Crippen molar-refractivity contribution in [3.8, 4) is 11.4 Å². The Bertz CT molecular complexity index is 941. The zero-order valence-corrected chi connectivity index (χ0v) is 15.9. The van der Waals surface area contributed by atoms with E-state index in [1.807, 2.05) is 25.1 Å². The fourth-order valence-corrected chi connectivity index (χ4v) is 3.17. The van der Waals surface area contributed by atoms with Gasteiger partial charge in [0.15, 0.2) is 0 Å². The molecule has 3 heterocycles. The number of carbonyl (C=O) groups is 1. The minimum Gasteiger partial charge on any atom is -0.337 e. The Morgan fingerprint density at radius 1 is 1.44 bits per heavy atom. The summed E-state index contributed by atoms with van der Waals surface area (Å²) in [6.45, 7) is 2.48. The molecule has 1 atom stereocenters. The highest BCUT2D eigenvalue weighted by Gasteiger charge is 2.40. The molecule has 2 aliphatic rings. The number of hydrazone groups is 1. The normalized spacial score (nSPS) is 18.8. The Balaban J connectivity index is 1.50. The van der Waals surface area contributed by atoms with Crippen molar-refractivity contribution in [1.82, 2.24) is 25.6 Å². The molecule has 0 bridgehead atoms. The predicted molar refractivity (Wildman–Crippen MR) is 101 cm³/mol. The highest BCUT2D eigenvalue weighted by molar-refractivity contribution is 6.31. The van der Waals surface area contributed by atoms with E-state index in [0.29, 0.717) is 29.2 Å². The van der Waals surface area contributed by atoms with Crippen LogP contribution in [-0.4, -0.2) is 44.8 Å². The number of aromatic nitrogens is 2. The van der Waals surface area contributed by atoms with E-state index in [4.69, 9.17) is 27.7 Å². The van der Waals surface area contributed by atoms with Crippen LogP contribution in [-0.2, 0) is 0 Å². The standard InChI is InChI=1S/C17H16Cl2N6O2/c1-10-12(3-2-4-13(10)19)15-22-16(27-23-15)14-5-6-24(14)17(26)25-20-8-11(7-18)9-21-25/h2-4,8-9,14,20H,5-7H2,1H3/t14-/m0/s1. The van der Waals surface area contributed by atoms with Crippen LogP contribution in [0.1, 0.15) is 23.9 Å². The van der Waals surface area contributed by atoms with Crippen LogP contribution < -0.4 is 5.43 Å². The Labute approximate surface area is 165 Å². The predicted octanol–water partition coefficient (Wildman–Crippen LogP) is 3.49. The van der Waals surface area contributed by atoms with Crippen LogP contribution in [0.2, 0.25) is 5.02 Å². The summed E-state index contributed by atoms with van der Waals surface area (Å²) < 4.78 is 5.42. The monoisotopic (exact) mass is 406 g/mol. The van der Waals surface area contributed by atoms with Crippen molar-refractivity contribution in [3.05, 3.63) is 46.4 Å². The molecule has 4 rings (SSSR count). The zero-order valence-electron chi connectivity index (χ0n) is 14.4. The maximum Gasteiger partial charge on any atom is 0.360 e. The highest BCUT2D eigenvalue weighted by atomic mass is 35.5. The number of alkyl halides is 1. The van der Waals surface area contributed by atoms with Gasteiger partial charge in [0.25, 0.3) is 0 Å². The van der Waals surface area contributed by atoms with Crippen molar-refractivity contribution < 1.29 is 9.32 Å². The number of hydrazine groups is 1. The van der Waals surface area contributed by atoms with Crippen LogP contribution in [0.4, 0.5) is 4.79 Å². The number of halogens is 2. The lowest BCUT2D eigenvalue weighted by atomic mass is 10.0. The van der Waals surface area contributed by atoms with E-state index in [1.54, 1.807) is 17.3 Å². The first-order chi connectivity index (χ1) is 13.1. The van der Waals surface area contributed by atoms with Crippen molar-refractivity contribution in [1.29, 1.82) is 0 Å². The number of benzene rings is 1. The van der Waals surface area contributed by atoms with Crippen molar-refractivity contribution in [2.45, 2.75) is 19.4 Å². The van der Waals surface area contributed by atoms with Crippen LogP contribution in [0.5, 0.6) is 0 Å². The van der Waals surface area contributed by atoms with Crippen molar-refractivity contribution in [2.24, 2.45) is 5.10 Å². The summed E-state index contributed by atoms with van der Waals surface area (Å²) in [6, 6.07) is 4.94. The van der Waals surface area contributed by atoms with E-state index in [0.717, 1.165) is 28.2 Å². The summed E-state index contributed by atoms with van der Waals surface area (Å²) in [7, 11) is 0. The lowest BCUT2D eigenvalue weighted by molar-refractivity contribution is 0.0602. The van der Waals surface area contributed by atoms with Crippen molar-refractivity contribution >= 4 is 35.4 Å². The molecule has 1 aromatic carbocycles. The molecular weight excluding hydrogens is 391 g/mol. The minimum atomic E-state index is -0.300. The molecule has 1 aromatic heterocycles. The van der Waals surface area contributed by atoms with Crippen LogP contribution in [0.15, 0.2) is 39.6 Å². The third kappa shape index (κ3) is 3.26. The zero-order chi connectivity index (χ0) is 19.0. The smallest absolute Gasteiger partial charge is 0.337 e. The minimum absolute atomic E-state index is 0.284. The van der Waals surface area contributed by atoms with Gasteiger partial charge in [0.2, 0.25) is 11.7 Å². The average molecular weight is 407 g/mol. The largest absolute Gasteiger partial charge is 0.360 e. The molecule has 1 saturated heterocycles. The topological polar surface area (TPSA) is 86.9 Å². The molecule has 0 unspecified atom stereocenters. The molecule has 8 nitrogen and oxygen atoms in total. The maximum absolute atomic E-state index is 12.6. The van der Waals surface area contributed by atoms with Crippen LogP contribution in [0.25, 0.3) is 11.4 Å². The molecular formula is C17H16Cl2N6O2. The van der Waals surface area contributed by atoms with Crippen LogP contribution in [0.3, 0.4) is 0 Å². The van der Waals surface area contributed by atoms with Gasteiger partial charge in [0.05, 0.1) is 12.1 Å². The number of allylic oxidation sites excluding steroid dienone is 1. The van der Waals surface area contributed by atoms with E-state index in [-0.39, 0.29) is 12.1 Å². The summed E-state index contributed by atoms with van der Waals surface area (Å²) in [5, 5.41) is 9.90. The molecule has 2 aliphatic heterocycles. The molecule has 140 valence electrons. The second-order valence-electron chi connectivity index (χ2n) is 6.19. The first-order valence-electron chi connectivity index (χ1n) is 8.33. The molecule has 2 aromatic rings. The van der Waals surface area contributed by atoms with Crippen LogP contribution in [0, 0.1) is 6.92 Å². The third-order valence-electron chi connectivity index (χ3n) is 4.55. The van der Waals surface area contributed by atoms with Gasteiger partial charge in [-0.1, -0.05) is 28.9 Å². The first kappa shape index (κ1) is 17.8. The number of hydrogen-bond donors (Lipinski definition) is 1. The summed E-state index contributed by atoms with van der Waals surface area (Å²) in [6.07, 6.45) is 3.92. The second-order valence-corrected chi connectivity index (χ2v) is 6.86. The fourth-order valence-electron chi connectivity index (χ4n) is 2.85. The maximum atomic E-state index is 12.6. The molecule has 2 amide bonds. The summed E-state index contributed by atoms with van der Waals surface area (Å²) in [4.78, 5) is 18.7. The van der Waals surface area contributed by atoms with Gasteiger partial charge < -0.3 is 9.42 Å². The molecule has 10 heteroatoms. The van der Waals surface area contributed by atoms with Gasteiger partial charge in [-0.25, -0.2) is 4.79 Å². The van der Waals surface area contributed by atoms with E-state index in [1.165, 1.54) is 0 Å². The summed E-state index contributed by atoms with van der Waals surface area (Å²) in [5.74, 6) is 1.16. The van der Waals surface area contributed by atoms with Gasteiger partial charge in [0.1, 0.15) is 6.04 Å². The summed E-state index contributed by atoms with van der Waals surface area (Å²) >= 11 is 11.9. The molecule has 0 spiro atoms. The first-order valence-corrected chi connectivity index (χ1v) is 9.24. The van der Waals surface area contributed by atoms with Gasteiger partial charge in [-0.2, -0.15) is 10.1 Å². The van der Waals surface area contributed by atoms with Gasteiger partial charge in [-0.05, 0) is 25.0 Å². The molecule has 1 fully saturated rings. The fraction of sp³-hybridized carbons (Fsp3) is 0.294. The van der Waals surface area contributed by atoms with E-state index < -0.39 is 0 Å². The van der Waals surface area contributed by atoms with Gasteiger partial charge in [-0.3, -0.25) is 5.43 Å². The lowest BCUT2D eigenvalue weighted by Crippen LogP contribution is -2.53. The third-order valence-corrected chi connectivity index (χ3v) is 5.27. The number of nitrogens with one attached hydrogen (secondary N) is 1. The molecule has 0 radical (unpaired) electrons. The number of amides is 2. The quantitative estimate of drug-likeness (QED) is 0.788. The SMILES string of the molecule is Cc1c(Cl)cccc1-c1noc([C@@H]2CCN2C(=O)N2N=CC(CCl)=CN2)n1. The average Bonchev–Trinajstić information content (AvgIpc) is 3.12. The van der Waals surface area contributed by atoms with Gasteiger partial charge in [-0.15, -0.1) is 16.7 Å². The number of carbonyl (C=O) groups excluding carboxylic acids is 1. The molecule has 1 N–H and O–H groups in total. The Hall–Kier alpha value is -2.58. The van der Waals surface area contributed by atoms with E-state index in [9.17, 15) is 4.79 Å². The van der Waals surface area contributed by atoms with E-state index in [2.05, 4.69) is 20.7 Å². The second kappa shape index (κ2) is 7.21. The van der Waals surface area contributed by atoms with Crippen LogP contribution >= 0.6 is 23.2 Å². The molecule has 27 heavy (non-hydrogen) atoms. The summed E-state index contributed by atoms with van der Waals surface area (Å²) in [5.41, 5.74) is 5.27. The molecule has 0 saturated carbocycles. The van der Waals surface area contributed by atoms with Crippen molar-refractivity contribution in [2.75, 3.05) is 12.4 Å². The molecule has 0 aliphatic carbocycles. The Morgan fingerprint density at radius 3 is 2.96 bits per heavy atom. The lowest BCUT2D eigenvalue weighted by Gasteiger charge is -2.40. The van der Waals surface area contributed by atoms with Gasteiger partial charge in [0, 0.05) is 28.9 Å². The number of urea groups is 1. The number of nitrogens with zero attached hydrogens (tertiary/aromatic N) is 5. The number of hydrogen-bond acceptors (Lipinski definition) is 6. The highest BCUT2D eigenvalue weighted by Crippen LogP contribution is 2.35. The van der Waals surface area contributed by atoms with Gasteiger partial charge >= 0.3 is 6.03 Å². The Morgan fingerprint density at radius 2 is 2.30 bits per heavy atom. The Kier molecular flexibility index (Phi) is 4.75. The number of rotatable bonds is 3. The van der Waals surface area contributed by atoms with E-state index >= 15 is 0 Å².